The molecule has 0 spiro atoms. The molecule has 1 aromatic carbocycles. The summed E-state index contributed by atoms with van der Waals surface area (Å²) in [5.74, 6) is 0.617. The van der Waals surface area contributed by atoms with Crippen molar-refractivity contribution >= 4 is 5.69 Å². The first kappa shape index (κ1) is 11.4. The Morgan fingerprint density at radius 1 is 1.47 bits per heavy atom. The molecular formula is C11H13FN4O. The van der Waals surface area contributed by atoms with Gasteiger partial charge in [0, 0.05) is 18.8 Å². The van der Waals surface area contributed by atoms with E-state index in [-0.39, 0.29) is 5.75 Å². The van der Waals surface area contributed by atoms with Crippen LogP contribution in [0.4, 0.5) is 10.1 Å². The summed E-state index contributed by atoms with van der Waals surface area (Å²) < 4.78 is 20.0. The van der Waals surface area contributed by atoms with Crippen LogP contribution in [0.5, 0.6) is 5.75 Å². The Hall–Kier alpha value is -2.11. The van der Waals surface area contributed by atoms with Gasteiger partial charge in [-0.1, -0.05) is 0 Å². The summed E-state index contributed by atoms with van der Waals surface area (Å²) in [5, 5.41) is 10.7. The summed E-state index contributed by atoms with van der Waals surface area (Å²) in [6.45, 7) is 0.488. The zero-order chi connectivity index (χ0) is 12.3. The molecule has 0 amide bonds. The monoisotopic (exact) mass is 236 g/mol. The maximum absolute atomic E-state index is 13.4. The molecular weight excluding hydrogens is 223 g/mol. The molecule has 6 heteroatoms. The van der Waals surface area contributed by atoms with Crippen molar-refractivity contribution in [2.75, 3.05) is 12.4 Å². The number of nitrogens with one attached hydrogen (secondary N) is 1. The van der Waals surface area contributed by atoms with Gasteiger partial charge in [0.25, 0.3) is 0 Å². The lowest BCUT2D eigenvalue weighted by atomic mass is 10.3. The topological polar surface area (TPSA) is 52.0 Å². The largest absolute Gasteiger partial charge is 0.494 e. The molecule has 0 fully saturated rings. The molecule has 0 saturated heterocycles. The SMILES string of the molecule is COc1ccc(NCc2nncn2C)cc1F. The van der Waals surface area contributed by atoms with Gasteiger partial charge in [0.05, 0.1) is 13.7 Å². The molecule has 0 saturated carbocycles. The molecule has 2 aromatic rings. The first-order chi connectivity index (χ1) is 8.20. The third-order valence-electron chi connectivity index (χ3n) is 2.41. The number of benzene rings is 1. The van der Waals surface area contributed by atoms with Crippen molar-refractivity contribution < 1.29 is 9.13 Å². The van der Waals surface area contributed by atoms with Crippen molar-refractivity contribution in [3.8, 4) is 5.75 Å². The second-order valence-corrected chi connectivity index (χ2v) is 3.56. The molecule has 90 valence electrons. The van der Waals surface area contributed by atoms with Gasteiger partial charge in [0.15, 0.2) is 17.4 Å². The highest BCUT2D eigenvalue weighted by Gasteiger charge is 2.04. The van der Waals surface area contributed by atoms with E-state index >= 15 is 0 Å². The van der Waals surface area contributed by atoms with Crippen LogP contribution in [0.1, 0.15) is 5.82 Å². The molecule has 0 aliphatic heterocycles. The lowest BCUT2D eigenvalue weighted by Gasteiger charge is -2.07. The van der Waals surface area contributed by atoms with Crippen LogP contribution in [0.2, 0.25) is 0 Å². The maximum Gasteiger partial charge on any atom is 0.167 e. The van der Waals surface area contributed by atoms with Gasteiger partial charge in [0.1, 0.15) is 6.33 Å². The van der Waals surface area contributed by atoms with E-state index in [0.29, 0.717) is 12.2 Å². The Labute approximate surface area is 98.2 Å². The van der Waals surface area contributed by atoms with Gasteiger partial charge in [-0.25, -0.2) is 4.39 Å². The van der Waals surface area contributed by atoms with Gasteiger partial charge in [-0.05, 0) is 12.1 Å². The van der Waals surface area contributed by atoms with Crippen LogP contribution in [0.3, 0.4) is 0 Å². The fourth-order valence-electron chi connectivity index (χ4n) is 1.42. The number of hydrogen-bond donors (Lipinski definition) is 1. The summed E-state index contributed by atoms with van der Waals surface area (Å²) in [5.41, 5.74) is 0.673. The van der Waals surface area contributed by atoms with Crippen molar-refractivity contribution in [1.29, 1.82) is 0 Å². The van der Waals surface area contributed by atoms with E-state index < -0.39 is 5.82 Å². The lowest BCUT2D eigenvalue weighted by molar-refractivity contribution is 0.386. The van der Waals surface area contributed by atoms with Gasteiger partial charge < -0.3 is 14.6 Å². The van der Waals surface area contributed by atoms with E-state index in [9.17, 15) is 4.39 Å². The smallest absolute Gasteiger partial charge is 0.167 e. The minimum Gasteiger partial charge on any atom is -0.494 e. The average Bonchev–Trinajstić information content (AvgIpc) is 2.72. The number of nitrogens with zero attached hydrogens (tertiary/aromatic N) is 3. The van der Waals surface area contributed by atoms with Crippen molar-refractivity contribution in [2.45, 2.75) is 6.54 Å². The number of aromatic nitrogens is 3. The molecule has 0 aliphatic rings. The first-order valence-electron chi connectivity index (χ1n) is 5.11. The number of ether oxygens (including phenoxy) is 1. The van der Waals surface area contributed by atoms with Gasteiger partial charge in [-0.15, -0.1) is 10.2 Å². The number of hydrogen-bond acceptors (Lipinski definition) is 4. The summed E-state index contributed by atoms with van der Waals surface area (Å²) >= 11 is 0. The average molecular weight is 236 g/mol. The molecule has 0 aliphatic carbocycles. The Morgan fingerprint density at radius 3 is 2.88 bits per heavy atom. The zero-order valence-corrected chi connectivity index (χ0v) is 9.64. The van der Waals surface area contributed by atoms with Crippen LogP contribution in [0, 0.1) is 5.82 Å². The van der Waals surface area contributed by atoms with Gasteiger partial charge in [0.2, 0.25) is 0 Å². The zero-order valence-electron chi connectivity index (χ0n) is 9.64. The standard InChI is InChI=1S/C11H13FN4O/c1-16-7-14-15-11(16)6-13-8-3-4-10(17-2)9(12)5-8/h3-5,7,13H,6H2,1-2H3. The summed E-state index contributed by atoms with van der Waals surface area (Å²) in [4.78, 5) is 0. The van der Waals surface area contributed by atoms with Crippen LogP contribution in [-0.2, 0) is 13.6 Å². The first-order valence-corrected chi connectivity index (χ1v) is 5.11. The molecule has 0 unspecified atom stereocenters. The number of halogens is 1. The Bertz CT molecular complexity index is 512. The second-order valence-electron chi connectivity index (χ2n) is 3.56. The third kappa shape index (κ3) is 2.52. The van der Waals surface area contributed by atoms with Crippen LogP contribution in [0.15, 0.2) is 24.5 Å². The summed E-state index contributed by atoms with van der Waals surface area (Å²) in [7, 11) is 3.29. The molecule has 0 atom stereocenters. The van der Waals surface area contributed by atoms with E-state index in [4.69, 9.17) is 4.74 Å². The minimum atomic E-state index is -0.393. The Kier molecular flexibility index (Phi) is 3.22. The molecule has 1 heterocycles. The lowest BCUT2D eigenvalue weighted by Crippen LogP contribution is -2.05. The number of aryl methyl sites for hydroxylation is 1. The van der Waals surface area contributed by atoms with Gasteiger partial charge in [-0.3, -0.25) is 0 Å². The van der Waals surface area contributed by atoms with Gasteiger partial charge in [-0.2, -0.15) is 0 Å². The third-order valence-corrected chi connectivity index (χ3v) is 2.41. The van der Waals surface area contributed by atoms with Crippen LogP contribution >= 0.6 is 0 Å². The quantitative estimate of drug-likeness (QED) is 0.875. The van der Waals surface area contributed by atoms with E-state index in [1.807, 2.05) is 7.05 Å². The van der Waals surface area contributed by atoms with E-state index in [2.05, 4.69) is 15.5 Å². The second kappa shape index (κ2) is 4.82. The highest BCUT2D eigenvalue weighted by atomic mass is 19.1. The van der Waals surface area contributed by atoms with Crippen molar-refractivity contribution in [2.24, 2.45) is 7.05 Å². The van der Waals surface area contributed by atoms with Crippen LogP contribution in [0.25, 0.3) is 0 Å². The molecule has 1 aromatic heterocycles. The molecule has 1 N–H and O–H groups in total. The molecule has 2 rings (SSSR count). The number of anilines is 1. The summed E-state index contributed by atoms with van der Waals surface area (Å²) in [6, 6.07) is 4.71. The molecule has 17 heavy (non-hydrogen) atoms. The number of methoxy groups -OCH3 is 1. The van der Waals surface area contributed by atoms with Crippen molar-refractivity contribution in [1.82, 2.24) is 14.8 Å². The maximum atomic E-state index is 13.4. The summed E-state index contributed by atoms with van der Waals surface area (Å²) in [6.07, 6.45) is 1.62. The van der Waals surface area contributed by atoms with Crippen LogP contribution < -0.4 is 10.1 Å². The minimum absolute atomic E-state index is 0.231. The van der Waals surface area contributed by atoms with Crippen molar-refractivity contribution in [3.63, 3.8) is 0 Å². The van der Waals surface area contributed by atoms with E-state index in [1.54, 1.807) is 23.0 Å². The normalized spacial score (nSPS) is 10.3. The molecule has 0 bridgehead atoms. The van der Waals surface area contributed by atoms with Gasteiger partial charge >= 0.3 is 0 Å². The Morgan fingerprint density at radius 2 is 2.29 bits per heavy atom. The molecule has 5 nitrogen and oxygen atoms in total. The Balaban J connectivity index is 2.05. The highest BCUT2D eigenvalue weighted by molar-refractivity contribution is 5.47. The fraction of sp³-hybridized carbons (Fsp3) is 0.273. The number of rotatable bonds is 4. The van der Waals surface area contributed by atoms with Crippen LogP contribution in [-0.4, -0.2) is 21.9 Å². The fourth-order valence-corrected chi connectivity index (χ4v) is 1.42. The van der Waals surface area contributed by atoms with E-state index in [0.717, 1.165) is 5.82 Å². The predicted octanol–water partition coefficient (Wildman–Crippen LogP) is 1.57. The van der Waals surface area contributed by atoms with E-state index in [1.165, 1.54) is 13.2 Å². The van der Waals surface area contributed by atoms with Crippen molar-refractivity contribution in [3.05, 3.63) is 36.2 Å². The molecule has 0 radical (unpaired) electrons. The predicted molar refractivity (Wildman–Crippen MR) is 61.3 cm³/mol. The highest BCUT2D eigenvalue weighted by Crippen LogP contribution is 2.20.